The number of rotatable bonds is 11. The molecule has 0 spiro atoms. The summed E-state index contributed by atoms with van der Waals surface area (Å²) in [6.07, 6.45) is 3.01. The number of aromatic nitrogens is 2. The van der Waals surface area contributed by atoms with E-state index in [0.29, 0.717) is 54.4 Å². The average molecular weight is 554 g/mol. The van der Waals surface area contributed by atoms with Gasteiger partial charge in [-0.05, 0) is 67.3 Å². The first-order valence-corrected chi connectivity index (χ1v) is 13.9. The van der Waals surface area contributed by atoms with Crippen molar-refractivity contribution in [3.63, 3.8) is 0 Å². The number of hydrogen-bond acceptors (Lipinski definition) is 5. The standard InChI is InChI=1S/C32H35N5O4/c1-35(31(40)25-8-4-3-5-9-25)26-15-16-28-27(22-26)33-32(37(28)20-7-19-36-18-6-10-29(36)38)34-30(39)24-13-11-23(12-14-24)17-21-41-2/h3-5,8-9,11-16,22H,6-7,10,17-21H2,1-2H3,(H,33,34,39). The largest absolute Gasteiger partial charge is 0.384 e. The van der Waals surface area contributed by atoms with Crippen molar-refractivity contribution in [2.24, 2.45) is 0 Å². The van der Waals surface area contributed by atoms with Crippen LogP contribution in [-0.2, 0) is 22.5 Å². The quantitative estimate of drug-likeness (QED) is 0.289. The van der Waals surface area contributed by atoms with Crippen molar-refractivity contribution in [1.82, 2.24) is 14.5 Å². The van der Waals surface area contributed by atoms with Crippen LogP contribution in [0.1, 0.15) is 45.5 Å². The fraction of sp³-hybridized carbons (Fsp3) is 0.312. The summed E-state index contributed by atoms with van der Waals surface area (Å²) in [6.45, 7) is 2.64. The normalized spacial score (nSPS) is 13.1. The average Bonchev–Trinajstić information content (AvgIpc) is 3.57. The van der Waals surface area contributed by atoms with Crippen molar-refractivity contribution in [3.8, 4) is 0 Å². The van der Waals surface area contributed by atoms with Gasteiger partial charge in [-0.3, -0.25) is 19.7 Å². The molecule has 41 heavy (non-hydrogen) atoms. The number of hydrogen-bond donors (Lipinski definition) is 1. The van der Waals surface area contributed by atoms with Gasteiger partial charge in [0.2, 0.25) is 11.9 Å². The van der Waals surface area contributed by atoms with Gasteiger partial charge in [-0.25, -0.2) is 4.98 Å². The highest BCUT2D eigenvalue weighted by Gasteiger charge is 2.21. The molecule has 5 rings (SSSR count). The summed E-state index contributed by atoms with van der Waals surface area (Å²) < 4.78 is 7.12. The van der Waals surface area contributed by atoms with E-state index in [-0.39, 0.29) is 17.7 Å². The number of ether oxygens (including phenoxy) is 1. The molecule has 1 aromatic heterocycles. The Kier molecular flexibility index (Phi) is 8.74. The fourth-order valence-corrected chi connectivity index (χ4v) is 5.12. The van der Waals surface area contributed by atoms with Crippen molar-refractivity contribution in [3.05, 3.63) is 89.5 Å². The highest BCUT2D eigenvalue weighted by molar-refractivity contribution is 6.07. The topological polar surface area (TPSA) is 96.8 Å². The third-order valence-corrected chi connectivity index (χ3v) is 7.46. The van der Waals surface area contributed by atoms with Gasteiger partial charge >= 0.3 is 0 Å². The van der Waals surface area contributed by atoms with Crippen LogP contribution in [0.4, 0.5) is 11.6 Å². The zero-order chi connectivity index (χ0) is 28.8. The summed E-state index contributed by atoms with van der Waals surface area (Å²) in [5.74, 6) is 0.238. The van der Waals surface area contributed by atoms with E-state index in [1.165, 1.54) is 0 Å². The van der Waals surface area contributed by atoms with E-state index in [1.807, 2.05) is 58.0 Å². The summed E-state index contributed by atoms with van der Waals surface area (Å²) in [6, 6.07) is 22.2. The number of fused-ring (bicyclic) bond motifs is 1. The number of likely N-dealkylation sites (tertiary alicyclic amines) is 1. The smallest absolute Gasteiger partial charge is 0.258 e. The highest BCUT2D eigenvalue weighted by atomic mass is 16.5. The molecule has 0 atom stereocenters. The van der Waals surface area contributed by atoms with Gasteiger partial charge < -0.3 is 19.1 Å². The highest BCUT2D eigenvalue weighted by Crippen LogP contribution is 2.27. The molecule has 0 radical (unpaired) electrons. The van der Waals surface area contributed by atoms with Gasteiger partial charge in [0, 0.05) is 57.0 Å². The summed E-state index contributed by atoms with van der Waals surface area (Å²) in [4.78, 5) is 46.6. The molecule has 1 saturated heterocycles. The number of benzene rings is 3. The van der Waals surface area contributed by atoms with Gasteiger partial charge in [-0.2, -0.15) is 0 Å². The van der Waals surface area contributed by atoms with Crippen molar-refractivity contribution >= 4 is 40.4 Å². The lowest BCUT2D eigenvalue weighted by molar-refractivity contribution is -0.127. The first kappa shape index (κ1) is 28.0. The molecule has 3 amide bonds. The Labute approximate surface area is 239 Å². The van der Waals surface area contributed by atoms with Crippen molar-refractivity contribution in [2.45, 2.75) is 32.2 Å². The Morgan fingerprint density at radius 1 is 1.00 bits per heavy atom. The second-order valence-corrected chi connectivity index (χ2v) is 10.2. The lowest BCUT2D eigenvalue weighted by Crippen LogP contribution is -2.26. The molecule has 9 nitrogen and oxygen atoms in total. The van der Waals surface area contributed by atoms with Gasteiger partial charge in [-0.1, -0.05) is 30.3 Å². The summed E-state index contributed by atoms with van der Waals surface area (Å²) >= 11 is 0. The molecule has 1 aliphatic rings. The summed E-state index contributed by atoms with van der Waals surface area (Å²) in [5.41, 5.74) is 4.42. The van der Waals surface area contributed by atoms with Gasteiger partial charge in [-0.15, -0.1) is 0 Å². The second kappa shape index (κ2) is 12.8. The number of imidazole rings is 1. The predicted octanol–water partition coefficient (Wildman–Crippen LogP) is 4.77. The summed E-state index contributed by atoms with van der Waals surface area (Å²) in [5, 5.41) is 2.99. The first-order valence-electron chi connectivity index (χ1n) is 13.9. The van der Waals surface area contributed by atoms with Crippen LogP contribution in [0.15, 0.2) is 72.8 Å². The number of nitrogens with zero attached hydrogens (tertiary/aromatic N) is 4. The molecule has 0 bridgehead atoms. The maximum atomic E-state index is 13.2. The molecule has 0 saturated carbocycles. The van der Waals surface area contributed by atoms with E-state index in [2.05, 4.69) is 5.32 Å². The number of amides is 3. The minimum atomic E-state index is -0.258. The predicted molar refractivity (Wildman–Crippen MR) is 159 cm³/mol. The number of carbonyl (C=O) groups is 3. The molecule has 1 N–H and O–H groups in total. The third kappa shape index (κ3) is 6.47. The van der Waals surface area contributed by atoms with Crippen LogP contribution in [0.5, 0.6) is 0 Å². The Hall–Kier alpha value is -4.50. The van der Waals surface area contributed by atoms with Gasteiger partial charge in [0.25, 0.3) is 11.8 Å². The van der Waals surface area contributed by atoms with Crippen LogP contribution in [0.25, 0.3) is 11.0 Å². The fourth-order valence-electron chi connectivity index (χ4n) is 5.12. The minimum Gasteiger partial charge on any atom is -0.384 e. The molecule has 4 aromatic rings. The molecule has 0 aliphatic carbocycles. The molecular formula is C32H35N5O4. The van der Waals surface area contributed by atoms with Crippen molar-refractivity contribution in [1.29, 1.82) is 0 Å². The van der Waals surface area contributed by atoms with Gasteiger partial charge in [0.15, 0.2) is 0 Å². The van der Waals surface area contributed by atoms with Crippen LogP contribution in [0, 0.1) is 0 Å². The lowest BCUT2D eigenvalue weighted by atomic mass is 10.1. The van der Waals surface area contributed by atoms with Gasteiger partial charge in [0.1, 0.15) is 0 Å². The molecule has 2 heterocycles. The van der Waals surface area contributed by atoms with Crippen LogP contribution in [0.2, 0.25) is 0 Å². The molecule has 9 heteroatoms. The molecule has 0 unspecified atom stereocenters. The molecule has 1 aliphatic heterocycles. The van der Waals surface area contributed by atoms with E-state index in [1.54, 1.807) is 43.3 Å². The number of methoxy groups -OCH3 is 1. The zero-order valence-corrected chi connectivity index (χ0v) is 23.5. The maximum absolute atomic E-state index is 13.2. The van der Waals surface area contributed by atoms with Crippen LogP contribution < -0.4 is 10.2 Å². The molecular weight excluding hydrogens is 518 g/mol. The Morgan fingerprint density at radius 2 is 1.78 bits per heavy atom. The maximum Gasteiger partial charge on any atom is 0.258 e. The van der Waals surface area contributed by atoms with E-state index in [0.717, 1.165) is 36.9 Å². The van der Waals surface area contributed by atoms with Crippen molar-refractivity contribution in [2.75, 3.05) is 44.1 Å². The molecule has 1 fully saturated rings. The van der Waals surface area contributed by atoms with Crippen LogP contribution >= 0.6 is 0 Å². The Balaban J connectivity index is 1.40. The number of aryl methyl sites for hydroxylation is 1. The van der Waals surface area contributed by atoms with Gasteiger partial charge in [0.05, 0.1) is 17.6 Å². The first-order chi connectivity index (χ1) is 19.9. The third-order valence-electron chi connectivity index (χ3n) is 7.46. The van der Waals surface area contributed by atoms with Crippen molar-refractivity contribution < 1.29 is 19.1 Å². The zero-order valence-electron chi connectivity index (χ0n) is 23.5. The summed E-state index contributed by atoms with van der Waals surface area (Å²) in [7, 11) is 3.40. The van der Waals surface area contributed by atoms with E-state index in [9.17, 15) is 14.4 Å². The van der Waals surface area contributed by atoms with Crippen LogP contribution in [0.3, 0.4) is 0 Å². The Bertz CT molecular complexity index is 1530. The monoisotopic (exact) mass is 553 g/mol. The number of nitrogens with one attached hydrogen (secondary N) is 1. The van der Waals surface area contributed by atoms with Crippen LogP contribution in [-0.4, -0.2) is 66.0 Å². The van der Waals surface area contributed by atoms with E-state index < -0.39 is 0 Å². The second-order valence-electron chi connectivity index (χ2n) is 10.2. The minimum absolute atomic E-state index is 0.123. The van der Waals surface area contributed by atoms with E-state index in [4.69, 9.17) is 9.72 Å². The number of carbonyl (C=O) groups excluding carboxylic acids is 3. The molecule has 212 valence electrons. The SMILES string of the molecule is COCCc1ccc(C(=O)Nc2nc3cc(N(C)C(=O)c4ccccc4)ccc3n2CCCN2CCCC2=O)cc1. The lowest BCUT2D eigenvalue weighted by Gasteiger charge is -2.18. The number of anilines is 2. The Morgan fingerprint density at radius 3 is 2.49 bits per heavy atom. The molecule has 3 aromatic carbocycles. The van der Waals surface area contributed by atoms with E-state index >= 15 is 0 Å².